The molecule has 5 nitrogen and oxygen atoms in total. The van der Waals surface area contributed by atoms with Gasteiger partial charge in [0.1, 0.15) is 0 Å². The molecule has 0 spiro atoms. The second-order valence-electron chi connectivity index (χ2n) is 11.6. The highest BCUT2D eigenvalue weighted by Gasteiger charge is 2.34. The van der Waals surface area contributed by atoms with Crippen molar-refractivity contribution in [1.82, 2.24) is 10.6 Å². The van der Waals surface area contributed by atoms with E-state index < -0.39 is 5.97 Å². The molecule has 1 saturated heterocycles. The summed E-state index contributed by atoms with van der Waals surface area (Å²) in [5.41, 5.74) is 0. The number of carbonyl (C=O) groups is 1. The third-order valence-corrected chi connectivity index (χ3v) is 9.09. The first-order valence-electron chi connectivity index (χ1n) is 15.1. The fourth-order valence-corrected chi connectivity index (χ4v) is 6.72. The van der Waals surface area contributed by atoms with E-state index in [1.165, 1.54) is 102 Å². The molecule has 5 heteroatoms. The molecule has 0 aromatic rings. The van der Waals surface area contributed by atoms with Crippen LogP contribution in [0.3, 0.4) is 0 Å². The SMILES string of the molecule is C=CC(=O)OCOC1CCC(C2CNC(C3CCC(CCCCCCCCCC)CC3)NC2)CC1. The van der Waals surface area contributed by atoms with Gasteiger partial charge in [-0.1, -0.05) is 84.1 Å². The van der Waals surface area contributed by atoms with E-state index in [4.69, 9.17) is 9.47 Å². The van der Waals surface area contributed by atoms with Crippen LogP contribution in [0.1, 0.15) is 116 Å². The van der Waals surface area contributed by atoms with E-state index in [-0.39, 0.29) is 12.9 Å². The van der Waals surface area contributed by atoms with E-state index in [1.54, 1.807) is 0 Å². The summed E-state index contributed by atoms with van der Waals surface area (Å²) in [7, 11) is 0. The van der Waals surface area contributed by atoms with E-state index in [1.807, 2.05) is 0 Å². The highest BCUT2D eigenvalue weighted by atomic mass is 16.7. The molecule has 2 saturated carbocycles. The summed E-state index contributed by atoms with van der Waals surface area (Å²) in [6.45, 7) is 8.07. The van der Waals surface area contributed by atoms with Crippen molar-refractivity contribution in [1.29, 1.82) is 0 Å². The fourth-order valence-electron chi connectivity index (χ4n) is 6.72. The van der Waals surface area contributed by atoms with Gasteiger partial charge >= 0.3 is 5.97 Å². The standard InChI is InChI=1S/C30H54N2O3/c1-3-5-6-7-8-9-10-11-12-24-13-15-26(16-14-24)30-31-21-27(22-32-30)25-17-19-28(20-18-25)34-23-35-29(33)4-2/h4,24-28,30-32H,2-3,5-23H2,1H3. The van der Waals surface area contributed by atoms with E-state index in [0.717, 1.165) is 49.6 Å². The number of esters is 1. The average Bonchev–Trinajstić information content (AvgIpc) is 2.91. The minimum absolute atomic E-state index is 0.0514. The minimum atomic E-state index is -0.412. The second kappa shape index (κ2) is 16.8. The van der Waals surface area contributed by atoms with Crippen LogP contribution in [-0.2, 0) is 14.3 Å². The number of rotatable bonds is 15. The van der Waals surface area contributed by atoms with Gasteiger partial charge in [-0.25, -0.2) is 4.79 Å². The maximum absolute atomic E-state index is 11.1. The van der Waals surface area contributed by atoms with Crippen molar-refractivity contribution in [3.8, 4) is 0 Å². The average molecular weight is 491 g/mol. The van der Waals surface area contributed by atoms with Crippen LogP contribution in [0.4, 0.5) is 0 Å². The first kappa shape index (κ1) is 28.7. The Balaban J connectivity index is 1.20. The van der Waals surface area contributed by atoms with Crippen LogP contribution in [0.25, 0.3) is 0 Å². The lowest BCUT2D eigenvalue weighted by atomic mass is 9.76. The first-order chi connectivity index (χ1) is 17.2. The van der Waals surface area contributed by atoms with Crippen LogP contribution in [0, 0.1) is 23.7 Å². The molecular formula is C30H54N2O3. The molecule has 0 bridgehead atoms. The number of ether oxygens (including phenoxy) is 2. The normalized spacial score (nSPS) is 31.7. The topological polar surface area (TPSA) is 59.6 Å². The van der Waals surface area contributed by atoms with Crippen LogP contribution >= 0.6 is 0 Å². The molecule has 0 amide bonds. The summed E-state index contributed by atoms with van der Waals surface area (Å²) in [4.78, 5) is 11.1. The molecule has 202 valence electrons. The second-order valence-corrected chi connectivity index (χ2v) is 11.6. The summed E-state index contributed by atoms with van der Waals surface area (Å²) in [5.74, 6) is 2.89. The summed E-state index contributed by atoms with van der Waals surface area (Å²) < 4.78 is 10.7. The lowest BCUT2D eigenvalue weighted by Crippen LogP contribution is -2.58. The van der Waals surface area contributed by atoms with Crippen molar-refractivity contribution in [2.24, 2.45) is 23.7 Å². The molecule has 3 rings (SSSR count). The van der Waals surface area contributed by atoms with Gasteiger partial charge in [0.2, 0.25) is 0 Å². The van der Waals surface area contributed by atoms with Crippen molar-refractivity contribution in [3.63, 3.8) is 0 Å². The third-order valence-electron chi connectivity index (χ3n) is 9.09. The Morgan fingerprint density at radius 2 is 1.40 bits per heavy atom. The van der Waals surface area contributed by atoms with Gasteiger partial charge in [-0.05, 0) is 62.2 Å². The van der Waals surface area contributed by atoms with Crippen LogP contribution in [0.15, 0.2) is 12.7 Å². The van der Waals surface area contributed by atoms with Crippen molar-refractivity contribution >= 4 is 5.97 Å². The Labute approximate surface area is 215 Å². The maximum Gasteiger partial charge on any atom is 0.332 e. The molecule has 0 radical (unpaired) electrons. The van der Waals surface area contributed by atoms with Crippen molar-refractivity contribution in [2.45, 2.75) is 128 Å². The predicted molar refractivity (Wildman–Crippen MR) is 144 cm³/mol. The lowest BCUT2D eigenvalue weighted by molar-refractivity contribution is -0.157. The van der Waals surface area contributed by atoms with Crippen molar-refractivity contribution in [2.75, 3.05) is 19.9 Å². The summed E-state index contributed by atoms with van der Waals surface area (Å²) >= 11 is 0. The Bertz CT molecular complexity index is 574. The van der Waals surface area contributed by atoms with Crippen LogP contribution < -0.4 is 10.6 Å². The van der Waals surface area contributed by atoms with Gasteiger partial charge in [-0.15, -0.1) is 0 Å². The molecule has 2 aliphatic carbocycles. The van der Waals surface area contributed by atoms with Crippen LogP contribution in [-0.4, -0.2) is 38.1 Å². The van der Waals surface area contributed by atoms with E-state index in [2.05, 4.69) is 24.1 Å². The molecule has 2 N–H and O–H groups in total. The first-order valence-corrected chi connectivity index (χ1v) is 15.1. The fraction of sp³-hybridized carbons (Fsp3) is 0.900. The maximum atomic E-state index is 11.1. The van der Waals surface area contributed by atoms with Gasteiger partial charge in [-0.2, -0.15) is 0 Å². The number of hydrogen-bond donors (Lipinski definition) is 2. The van der Waals surface area contributed by atoms with Gasteiger partial charge < -0.3 is 20.1 Å². The number of carbonyl (C=O) groups excluding carboxylic acids is 1. The highest BCUT2D eigenvalue weighted by Crippen LogP contribution is 2.36. The molecule has 3 fully saturated rings. The van der Waals surface area contributed by atoms with Gasteiger partial charge in [0.25, 0.3) is 0 Å². The molecule has 0 aromatic carbocycles. The number of nitrogens with one attached hydrogen (secondary N) is 2. The van der Waals surface area contributed by atoms with Gasteiger partial charge in [0, 0.05) is 19.2 Å². The molecular weight excluding hydrogens is 436 g/mol. The Morgan fingerprint density at radius 3 is 2.03 bits per heavy atom. The Kier molecular flexibility index (Phi) is 13.7. The monoisotopic (exact) mass is 490 g/mol. The smallest absolute Gasteiger partial charge is 0.332 e. The molecule has 1 aliphatic heterocycles. The number of unbranched alkanes of at least 4 members (excludes halogenated alkanes) is 7. The summed E-state index contributed by atoms with van der Waals surface area (Å²) in [5, 5.41) is 7.77. The third kappa shape index (κ3) is 10.5. The summed E-state index contributed by atoms with van der Waals surface area (Å²) in [6, 6.07) is 0. The molecule has 0 aromatic heterocycles. The van der Waals surface area contributed by atoms with Crippen LogP contribution in [0.2, 0.25) is 0 Å². The molecule has 0 atom stereocenters. The number of hydrogen-bond acceptors (Lipinski definition) is 5. The Hall–Kier alpha value is -0.910. The van der Waals surface area contributed by atoms with E-state index in [0.29, 0.717) is 6.17 Å². The highest BCUT2D eigenvalue weighted by molar-refractivity contribution is 5.81. The molecule has 1 heterocycles. The zero-order valence-corrected chi connectivity index (χ0v) is 22.6. The lowest BCUT2D eigenvalue weighted by Gasteiger charge is -2.42. The van der Waals surface area contributed by atoms with Crippen molar-refractivity contribution in [3.05, 3.63) is 12.7 Å². The zero-order chi connectivity index (χ0) is 24.7. The minimum Gasteiger partial charge on any atom is -0.435 e. The molecule has 3 aliphatic rings. The Morgan fingerprint density at radius 1 is 0.800 bits per heavy atom. The summed E-state index contributed by atoms with van der Waals surface area (Å²) in [6.07, 6.45) is 25.1. The largest absolute Gasteiger partial charge is 0.435 e. The molecule has 35 heavy (non-hydrogen) atoms. The van der Waals surface area contributed by atoms with Gasteiger partial charge in [0.05, 0.1) is 12.3 Å². The van der Waals surface area contributed by atoms with Gasteiger partial charge in [-0.3, -0.25) is 0 Å². The van der Waals surface area contributed by atoms with E-state index in [9.17, 15) is 4.79 Å². The van der Waals surface area contributed by atoms with Crippen molar-refractivity contribution < 1.29 is 14.3 Å². The van der Waals surface area contributed by atoms with Crippen LogP contribution in [0.5, 0.6) is 0 Å². The van der Waals surface area contributed by atoms with Gasteiger partial charge in [0.15, 0.2) is 6.79 Å². The predicted octanol–water partition coefficient (Wildman–Crippen LogP) is 6.72. The molecule has 0 unspecified atom stereocenters. The quantitative estimate of drug-likeness (QED) is 0.115. The van der Waals surface area contributed by atoms with E-state index >= 15 is 0 Å². The zero-order valence-electron chi connectivity index (χ0n) is 22.6.